The first kappa shape index (κ1) is 49.7. The molecule has 4 aromatic carbocycles. The van der Waals surface area contributed by atoms with E-state index < -0.39 is 29.5 Å². The minimum atomic E-state index is -0.965. The first-order chi connectivity index (χ1) is 34.1. The number of aliphatic hydroxyl groups excluding tert-OH is 1. The van der Waals surface area contributed by atoms with Crippen molar-refractivity contribution in [3.63, 3.8) is 0 Å². The molecule has 8 rings (SSSR count). The molecule has 1 aliphatic heterocycles. The quantitative estimate of drug-likeness (QED) is 0.0429. The summed E-state index contributed by atoms with van der Waals surface area (Å²) in [5, 5.41) is 26.7. The predicted octanol–water partition coefficient (Wildman–Crippen LogP) is 8.92. The number of anilines is 4. The number of amides is 5. The second kappa shape index (κ2) is 21.9. The van der Waals surface area contributed by atoms with Gasteiger partial charge in [0.25, 0.3) is 5.91 Å². The molecule has 1 aliphatic rings. The van der Waals surface area contributed by atoms with E-state index in [1.165, 1.54) is 11.2 Å². The van der Waals surface area contributed by atoms with Crippen molar-refractivity contribution in [1.82, 2.24) is 35.5 Å². The van der Waals surface area contributed by atoms with Crippen LogP contribution in [0.15, 0.2) is 121 Å². The third kappa shape index (κ3) is 12.3. The number of H-pyrrole nitrogens is 1. The Bertz CT molecular complexity index is 3040. The molecule has 4 heterocycles. The fourth-order valence-electron chi connectivity index (χ4n) is 8.63. The number of likely N-dealkylation sites (tertiary alicyclic amines) is 1. The molecule has 17 heteroatoms. The Morgan fingerprint density at radius 2 is 1.55 bits per heavy atom. The molecule has 0 radical (unpaired) electrons. The number of aromatic amines is 1. The maximum atomic E-state index is 14.1. The van der Waals surface area contributed by atoms with E-state index in [9.17, 15) is 29.1 Å². The van der Waals surface area contributed by atoms with Crippen molar-refractivity contribution in [2.45, 2.75) is 91.0 Å². The van der Waals surface area contributed by atoms with E-state index in [0.717, 1.165) is 49.5 Å². The van der Waals surface area contributed by atoms with E-state index in [0.29, 0.717) is 35.6 Å². The van der Waals surface area contributed by atoms with Gasteiger partial charge in [0, 0.05) is 77.2 Å². The fraction of sp³-hybridized carbons (Fsp3) is 0.296. The van der Waals surface area contributed by atoms with Crippen LogP contribution < -0.4 is 26.6 Å². The smallest absolute Gasteiger partial charge is 0.255 e. The van der Waals surface area contributed by atoms with Gasteiger partial charge in [0.05, 0.1) is 33.9 Å². The standard InChI is InChI=1S/C54H58N10O6S/c1-32(34-17-19-35(20-18-34)49-33(2)58-31-71-49)59-52(69)45-26-40(65)29-64(45)53(70)50(54(3,4)5)63-48(67)16-9-8-15-47(66)61-37-23-21-36(22-24-37)51(68)62-39-12-10-11-38(25-39)60-46-27-44(56-30-57-46)42-28-55-43-14-7-6-13-41(42)43/h6-7,10-14,17-25,27-28,30-32,40,45,50,55,65H,8-9,15-16,26,29H2,1-5H3,(H,59,69)(H,61,66)(H,62,68)(H,63,67)(H,56,57,60)/t32-,40+,45?,50+/m0/s1. The van der Waals surface area contributed by atoms with E-state index in [2.05, 4.69) is 46.5 Å². The lowest BCUT2D eigenvalue weighted by Crippen LogP contribution is -2.57. The van der Waals surface area contributed by atoms with Crippen LogP contribution in [0.2, 0.25) is 0 Å². The summed E-state index contributed by atoms with van der Waals surface area (Å²) in [6, 6.07) is 29.4. The topological polar surface area (TPSA) is 223 Å². The predicted molar refractivity (Wildman–Crippen MR) is 277 cm³/mol. The zero-order valence-electron chi connectivity index (χ0n) is 40.3. The summed E-state index contributed by atoms with van der Waals surface area (Å²) in [4.78, 5) is 86.1. The maximum absolute atomic E-state index is 14.1. The van der Waals surface area contributed by atoms with Crippen LogP contribution in [0.1, 0.15) is 87.5 Å². The Hall–Kier alpha value is -7.76. The van der Waals surface area contributed by atoms with Crippen LogP contribution in [0.25, 0.3) is 32.6 Å². The Kier molecular flexibility index (Phi) is 15.3. The summed E-state index contributed by atoms with van der Waals surface area (Å²) in [5.74, 6) is -1.17. The van der Waals surface area contributed by atoms with Gasteiger partial charge in [-0.1, -0.05) is 69.3 Å². The van der Waals surface area contributed by atoms with Gasteiger partial charge in [-0.25, -0.2) is 15.0 Å². The third-order valence-electron chi connectivity index (χ3n) is 12.5. The Labute approximate surface area is 416 Å². The van der Waals surface area contributed by atoms with Crippen molar-refractivity contribution in [1.29, 1.82) is 0 Å². The molecule has 4 atom stereocenters. The molecule has 7 N–H and O–H groups in total. The molecule has 7 aromatic rings. The number of carbonyl (C=O) groups excluding carboxylic acids is 5. The van der Waals surface area contributed by atoms with Crippen molar-refractivity contribution in [3.8, 4) is 21.7 Å². The SMILES string of the molecule is Cc1ncsc1-c1ccc([C@H](C)NC(=O)C2C[C@@H](O)CN2C(=O)[C@@H](NC(=O)CCCCC(=O)Nc2ccc(C(=O)Nc3cccc(Nc4cc(-c5c[nH]c6ccccc56)ncn4)c3)cc2)C(C)(C)C)cc1. The number of thiazole rings is 1. The van der Waals surface area contributed by atoms with Gasteiger partial charge in [0.1, 0.15) is 24.2 Å². The summed E-state index contributed by atoms with van der Waals surface area (Å²) in [7, 11) is 0. The number of aryl methyl sites for hydroxylation is 1. The lowest BCUT2D eigenvalue weighted by molar-refractivity contribution is -0.144. The molecule has 0 spiro atoms. The Morgan fingerprint density at radius 1 is 0.817 bits per heavy atom. The van der Waals surface area contributed by atoms with Gasteiger partial charge in [0.15, 0.2) is 0 Å². The summed E-state index contributed by atoms with van der Waals surface area (Å²) >= 11 is 1.57. The van der Waals surface area contributed by atoms with Gasteiger partial charge in [-0.3, -0.25) is 24.0 Å². The number of aromatic nitrogens is 4. The highest BCUT2D eigenvalue weighted by molar-refractivity contribution is 7.13. The molecule has 1 saturated heterocycles. The zero-order valence-corrected chi connectivity index (χ0v) is 41.1. The maximum Gasteiger partial charge on any atom is 0.255 e. The van der Waals surface area contributed by atoms with E-state index >= 15 is 0 Å². The molecule has 0 bridgehead atoms. The second-order valence-electron chi connectivity index (χ2n) is 18.9. The summed E-state index contributed by atoms with van der Waals surface area (Å²) in [6.45, 7) is 9.31. The number of hydrogen-bond donors (Lipinski definition) is 7. The zero-order chi connectivity index (χ0) is 50.2. The van der Waals surface area contributed by atoms with E-state index in [-0.39, 0.29) is 55.5 Å². The number of para-hydroxylation sites is 1. The van der Waals surface area contributed by atoms with Crippen molar-refractivity contribution in [3.05, 3.63) is 138 Å². The van der Waals surface area contributed by atoms with Gasteiger partial charge in [-0.15, -0.1) is 11.3 Å². The summed E-state index contributed by atoms with van der Waals surface area (Å²) < 4.78 is 0. The van der Waals surface area contributed by atoms with Crippen LogP contribution in [-0.4, -0.2) is 84.2 Å². The number of carbonyl (C=O) groups is 5. The largest absolute Gasteiger partial charge is 0.391 e. The minimum Gasteiger partial charge on any atom is -0.391 e. The number of nitrogens with zero attached hydrogens (tertiary/aromatic N) is 4. The number of benzene rings is 4. The highest BCUT2D eigenvalue weighted by atomic mass is 32.1. The number of β-amino-alcohol motifs (C(OH)–C–C–N with tert-alkyl or cyclic N) is 1. The highest BCUT2D eigenvalue weighted by Crippen LogP contribution is 2.31. The van der Waals surface area contributed by atoms with Crippen LogP contribution in [-0.2, 0) is 19.2 Å². The van der Waals surface area contributed by atoms with Crippen LogP contribution in [0.4, 0.5) is 22.9 Å². The monoisotopic (exact) mass is 974 g/mol. The lowest BCUT2D eigenvalue weighted by Gasteiger charge is -2.35. The Balaban J connectivity index is 0.772. The van der Waals surface area contributed by atoms with E-state index in [4.69, 9.17) is 0 Å². The van der Waals surface area contributed by atoms with Crippen LogP contribution >= 0.6 is 11.3 Å². The molecule has 3 aromatic heterocycles. The highest BCUT2D eigenvalue weighted by Gasteiger charge is 2.44. The molecule has 366 valence electrons. The summed E-state index contributed by atoms with van der Waals surface area (Å²) in [6.07, 6.45) is 3.65. The molecular weight excluding hydrogens is 917 g/mol. The minimum absolute atomic E-state index is 0.0319. The van der Waals surface area contributed by atoms with Crippen LogP contribution in [0.3, 0.4) is 0 Å². The molecule has 1 fully saturated rings. The van der Waals surface area contributed by atoms with Crippen LogP contribution in [0.5, 0.6) is 0 Å². The van der Waals surface area contributed by atoms with Gasteiger partial charge in [-0.05, 0) is 91.8 Å². The van der Waals surface area contributed by atoms with E-state index in [1.807, 2.05) is 113 Å². The molecule has 1 unspecified atom stereocenters. The third-order valence-corrected chi connectivity index (χ3v) is 13.5. The number of fused-ring (bicyclic) bond motifs is 1. The number of unbranched alkanes of at least 4 members (excludes halogenated alkanes) is 1. The first-order valence-electron chi connectivity index (χ1n) is 23.6. The molecular formula is C54H58N10O6S. The summed E-state index contributed by atoms with van der Waals surface area (Å²) in [5.41, 5.74) is 8.93. The van der Waals surface area contributed by atoms with Crippen molar-refractivity contribution in [2.24, 2.45) is 5.41 Å². The molecule has 71 heavy (non-hydrogen) atoms. The Morgan fingerprint density at radius 3 is 2.28 bits per heavy atom. The number of aliphatic hydroxyl groups is 1. The van der Waals surface area contributed by atoms with Gasteiger partial charge in [-0.2, -0.15) is 0 Å². The molecule has 16 nitrogen and oxygen atoms in total. The number of hydrogen-bond acceptors (Lipinski definition) is 11. The molecule has 0 aliphatic carbocycles. The van der Waals surface area contributed by atoms with Gasteiger partial charge < -0.3 is 41.6 Å². The normalized spacial score (nSPS) is 15.4. The fourth-order valence-corrected chi connectivity index (χ4v) is 9.44. The number of rotatable bonds is 17. The second-order valence-corrected chi connectivity index (χ2v) is 19.8. The molecule has 5 amide bonds. The van der Waals surface area contributed by atoms with Gasteiger partial charge in [0.2, 0.25) is 23.6 Å². The molecule has 0 saturated carbocycles. The van der Waals surface area contributed by atoms with Gasteiger partial charge >= 0.3 is 0 Å². The van der Waals surface area contributed by atoms with Crippen molar-refractivity contribution < 1.29 is 29.1 Å². The van der Waals surface area contributed by atoms with E-state index in [1.54, 1.807) is 47.7 Å². The lowest BCUT2D eigenvalue weighted by atomic mass is 9.85. The van der Waals surface area contributed by atoms with Crippen LogP contribution in [0, 0.1) is 12.3 Å². The average Bonchev–Trinajstić information content (AvgIpc) is 4.10. The van der Waals surface area contributed by atoms with Crippen molar-refractivity contribution >= 4 is 74.7 Å². The number of nitrogens with one attached hydrogen (secondary N) is 6. The van der Waals surface area contributed by atoms with Crippen molar-refractivity contribution in [2.75, 3.05) is 22.5 Å². The first-order valence-corrected chi connectivity index (χ1v) is 24.5. The average molecular weight is 975 g/mol.